The van der Waals surface area contributed by atoms with Crippen LogP contribution in [-0.4, -0.2) is 40.0 Å². The van der Waals surface area contributed by atoms with E-state index in [1.54, 1.807) is 18.7 Å². The van der Waals surface area contributed by atoms with Gasteiger partial charge in [-0.1, -0.05) is 18.2 Å². The Morgan fingerprint density at radius 3 is 2.59 bits per heavy atom. The molecule has 1 saturated heterocycles. The summed E-state index contributed by atoms with van der Waals surface area (Å²) in [5.74, 6) is 1.25. The maximum absolute atomic E-state index is 12.3. The van der Waals surface area contributed by atoms with Gasteiger partial charge in [-0.2, -0.15) is 0 Å². The molecule has 0 aliphatic carbocycles. The van der Waals surface area contributed by atoms with E-state index in [9.17, 15) is 4.79 Å². The second-order valence-electron chi connectivity index (χ2n) is 6.56. The van der Waals surface area contributed by atoms with E-state index in [0.29, 0.717) is 11.6 Å². The molecule has 0 spiro atoms. The van der Waals surface area contributed by atoms with Crippen molar-refractivity contribution in [3.63, 3.8) is 0 Å². The molecular formula is C20H21N5O2. The number of benzene rings is 1. The number of oxazole rings is 1. The number of hydrogen-bond acceptors (Lipinski definition) is 6. The quantitative estimate of drug-likeness (QED) is 0.750. The average molecular weight is 363 g/mol. The third kappa shape index (κ3) is 4.31. The highest BCUT2D eigenvalue weighted by Gasteiger charge is 2.22. The molecular weight excluding hydrogens is 342 g/mol. The highest BCUT2D eigenvalue weighted by atomic mass is 16.3. The van der Waals surface area contributed by atoms with E-state index in [1.807, 2.05) is 36.4 Å². The lowest BCUT2D eigenvalue weighted by Crippen LogP contribution is -2.45. The number of carbonyl (C=O) groups is 1. The molecule has 7 heteroatoms. The largest absolute Gasteiger partial charge is 0.444 e. The van der Waals surface area contributed by atoms with Gasteiger partial charge in [-0.3, -0.25) is 4.79 Å². The summed E-state index contributed by atoms with van der Waals surface area (Å²) in [4.78, 5) is 27.5. The van der Waals surface area contributed by atoms with Crippen molar-refractivity contribution in [1.82, 2.24) is 20.3 Å². The van der Waals surface area contributed by atoms with Crippen LogP contribution in [0, 0.1) is 0 Å². The number of rotatable bonds is 5. The Balaban J connectivity index is 1.27. The smallest absolute Gasteiger partial charge is 0.226 e. The monoisotopic (exact) mass is 363 g/mol. The molecule has 0 saturated carbocycles. The van der Waals surface area contributed by atoms with Gasteiger partial charge in [0.15, 0.2) is 0 Å². The normalized spacial score (nSPS) is 14.9. The Bertz CT molecular complexity index is 874. The standard InChI is InChI=1S/C20H21N5O2/c26-18(13-17-14-27-19(24-17)15-5-2-1-3-6-15)23-16-7-11-25(12-8-16)20-21-9-4-10-22-20/h1-6,9-10,14,16H,7-8,11-13H2,(H,23,26). The van der Waals surface area contributed by atoms with E-state index < -0.39 is 0 Å². The van der Waals surface area contributed by atoms with Crippen molar-refractivity contribution in [2.45, 2.75) is 25.3 Å². The SMILES string of the molecule is O=C(Cc1coc(-c2ccccc2)n1)NC1CCN(c2ncccn2)CC1. The van der Waals surface area contributed by atoms with Crippen molar-refractivity contribution < 1.29 is 9.21 Å². The highest BCUT2D eigenvalue weighted by Crippen LogP contribution is 2.19. The summed E-state index contributed by atoms with van der Waals surface area (Å²) in [6.07, 6.45) is 7.02. The molecule has 138 valence electrons. The van der Waals surface area contributed by atoms with Gasteiger partial charge in [-0.05, 0) is 31.0 Å². The lowest BCUT2D eigenvalue weighted by atomic mass is 10.1. The van der Waals surface area contributed by atoms with Crippen molar-refractivity contribution >= 4 is 11.9 Å². The van der Waals surface area contributed by atoms with Gasteiger partial charge in [0.2, 0.25) is 17.7 Å². The van der Waals surface area contributed by atoms with Gasteiger partial charge in [0.1, 0.15) is 6.26 Å². The molecule has 1 aromatic carbocycles. The number of aromatic nitrogens is 3. The fourth-order valence-corrected chi connectivity index (χ4v) is 3.22. The predicted molar refractivity (Wildman–Crippen MR) is 101 cm³/mol. The van der Waals surface area contributed by atoms with Crippen LogP contribution in [0.5, 0.6) is 0 Å². The van der Waals surface area contributed by atoms with Crippen molar-refractivity contribution in [3.05, 3.63) is 60.7 Å². The molecule has 0 bridgehead atoms. The topological polar surface area (TPSA) is 84.2 Å². The lowest BCUT2D eigenvalue weighted by Gasteiger charge is -2.32. The average Bonchev–Trinajstić information content (AvgIpc) is 3.18. The predicted octanol–water partition coefficient (Wildman–Crippen LogP) is 2.46. The molecule has 1 N–H and O–H groups in total. The first-order chi connectivity index (χ1) is 13.3. The van der Waals surface area contributed by atoms with Crippen LogP contribution in [0.1, 0.15) is 18.5 Å². The van der Waals surface area contributed by atoms with Gasteiger partial charge in [-0.15, -0.1) is 0 Å². The van der Waals surface area contributed by atoms with E-state index in [2.05, 4.69) is 25.2 Å². The highest BCUT2D eigenvalue weighted by molar-refractivity contribution is 5.78. The Morgan fingerprint density at radius 1 is 1.11 bits per heavy atom. The molecule has 4 rings (SSSR count). The minimum atomic E-state index is -0.0303. The summed E-state index contributed by atoms with van der Waals surface area (Å²) in [7, 11) is 0. The number of amides is 1. The summed E-state index contributed by atoms with van der Waals surface area (Å²) in [6, 6.07) is 11.6. The fourth-order valence-electron chi connectivity index (χ4n) is 3.22. The second kappa shape index (κ2) is 7.99. The van der Waals surface area contributed by atoms with Crippen LogP contribution >= 0.6 is 0 Å². The number of nitrogens with one attached hydrogen (secondary N) is 1. The van der Waals surface area contributed by atoms with E-state index >= 15 is 0 Å². The molecule has 0 atom stereocenters. The van der Waals surface area contributed by atoms with Crippen molar-refractivity contribution in [2.75, 3.05) is 18.0 Å². The first-order valence-electron chi connectivity index (χ1n) is 9.09. The van der Waals surface area contributed by atoms with E-state index in [0.717, 1.165) is 37.4 Å². The zero-order valence-corrected chi connectivity index (χ0v) is 14.9. The number of hydrogen-bond donors (Lipinski definition) is 1. The maximum atomic E-state index is 12.3. The van der Waals surface area contributed by atoms with Crippen LogP contribution in [0.3, 0.4) is 0 Å². The second-order valence-corrected chi connectivity index (χ2v) is 6.56. The molecule has 0 radical (unpaired) electrons. The van der Waals surface area contributed by atoms with Gasteiger partial charge in [0.25, 0.3) is 0 Å². The summed E-state index contributed by atoms with van der Waals surface area (Å²) < 4.78 is 5.49. The Morgan fingerprint density at radius 2 is 1.85 bits per heavy atom. The molecule has 2 aromatic heterocycles. The number of anilines is 1. The Hall–Kier alpha value is -3.22. The van der Waals surface area contributed by atoms with Crippen LogP contribution in [0.25, 0.3) is 11.5 Å². The van der Waals surface area contributed by atoms with Crippen molar-refractivity contribution in [2.24, 2.45) is 0 Å². The van der Waals surface area contributed by atoms with Crippen molar-refractivity contribution in [1.29, 1.82) is 0 Å². The molecule has 0 unspecified atom stereocenters. The van der Waals surface area contributed by atoms with Crippen LogP contribution in [0.2, 0.25) is 0 Å². The van der Waals surface area contributed by atoms with Crippen LogP contribution in [-0.2, 0) is 11.2 Å². The van der Waals surface area contributed by atoms with E-state index in [1.165, 1.54) is 0 Å². The minimum absolute atomic E-state index is 0.0303. The third-order valence-corrected chi connectivity index (χ3v) is 4.61. The number of nitrogens with zero attached hydrogens (tertiary/aromatic N) is 4. The van der Waals surface area contributed by atoms with Gasteiger partial charge in [0.05, 0.1) is 12.1 Å². The minimum Gasteiger partial charge on any atom is -0.444 e. The van der Waals surface area contributed by atoms with Gasteiger partial charge in [-0.25, -0.2) is 15.0 Å². The summed E-state index contributed by atoms with van der Waals surface area (Å²) in [6.45, 7) is 1.66. The van der Waals surface area contributed by atoms with Crippen molar-refractivity contribution in [3.8, 4) is 11.5 Å². The van der Waals surface area contributed by atoms with Gasteiger partial charge < -0.3 is 14.6 Å². The molecule has 1 aliphatic heterocycles. The Kier molecular flexibility index (Phi) is 5.09. The third-order valence-electron chi connectivity index (χ3n) is 4.61. The zero-order valence-electron chi connectivity index (χ0n) is 14.9. The molecule has 1 fully saturated rings. The molecule has 7 nitrogen and oxygen atoms in total. The summed E-state index contributed by atoms with van der Waals surface area (Å²) in [5.41, 5.74) is 1.54. The van der Waals surface area contributed by atoms with Crippen LogP contribution < -0.4 is 10.2 Å². The Labute approximate surface area is 157 Å². The molecule has 27 heavy (non-hydrogen) atoms. The molecule has 3 heterocycles. The number of carbonyl (C=O) groups excluding carboxylic acids is 1. The van der Waals surface area contributed by atoms with Crippen LogP contribution in [0.15, 0.2) is 59.5 Å². The molecule has 1 aliphatic rings. The molecule has 3 aromatic rings. The van der Waals surface area contributed by atoms with E-state index in [-0.39, 0.29) is 18.4 Å². The number of piperidine rings is 1. The lowest BCUT2D eigenvalue weighted by molar-refractivity contribution is -0.121. The van der Waals surface area contributed by atoms with Gasteiger partial charge >= 0.3 is 0 Å². The zero-order chi connectivity index (χ0) is 18.5. The van der Waals surface area contributed by atoms with E-state index in [4.69, 9.17) is 4.42 Å². The first kappa shape index (κ1) is 17.2. The first-order valence-corrected chi connectivity index (χ1v) is 9.09. The summed E-state index contributed by atoms with van der Waals surface area (Å²) >= 11 is 0. The fraction of sp³-hybridized carbons (Fsp3) is 0.300. The van der Waals surface area contributed by atoms with Gasteiger partial charge in [0, 0.05) is 37.1 Å². The summed E-state index contributed by atoms with van der Waals surface area (Å²) in [5, 5.41) is 3.10. The van der Waals surface area contributed by atoms with Crippen LogP contribution in [0.4, 0.5) is 5.95 Å². The molecule has 1 amide bonds. The maximum Gasteiger partial charge on any atom is 0.226 e.